The van der Waals surface area contributed by atoms with Crippen LogP contribution in [0.1, 0.15) is 46.0 Å². The van der Waals surface area contributed by atoms with E-state index in [0.717, 1.165) is 38.8 Å². The lowest BCUT2D eigenvalue weighted by atomic mass is 10.00. The van der Waals surface area contributed by atoms with Gasteiger partial charge in [0.05, 0.1) is 19.3 Å². The van der Waals surface area contributed by atoms with Gasteiger partial charge in [0, 0.05) is 60.6 Å². The van der Waals surface area contributed by atoms with Gasteiger partial charge in [0.2, 0.25) is 0 Å². The molecule has 3 rings (SSSR count). The van der Waals surface area contributed by atoms with E-state index in [9.17, 15) is 0 Å². The number of hydrogen-bond acceptors (Lipinski definition) is 7. The molecule has 0 aromatic rings. The van der Waals surface area contributed by atoms with Gasteiger partial charge < -0.3 is 34.2 Å². The number of nitrogens with one attached hydrogen (secondary N) is 1. The highest BCUT2D eigenvalue weighted by Crippen LogP contribution is 2.14. The molecular weight excluding hydrogens is 404 g/mol. The van der Waals surface area contributed by atoms with E-state index >= 15 is 0 Å². The smallest absolute Gasteiger partial charge is 0.0589 e. The molecule has 0 saturated carbocycles. The predicted molar refractivity (Wildman–Crippen MR) is 137 cm³/mol. The van der Waals surface area contributed by atoms with Gasteiger partial charge in [-0.1, -0.05) is 6.42 Å². The van der Waals surface area contributed by atoms with Gasteiger partial charge in [-0.3, -0.25) is 0 Å². The van der Waals surface area contributed by atoms with Gasteiger partial charge in [-0.15, -0.1) is 0 Å². The Kier molecular flexibility index (Phi) is 22.3. The van der Waals surface area contributed by atoms with E-state index in [1.54, 1.807) is 21.3 Å². The Morgan fingerprint density at radius 1 is 0.812 bits per heavy atom. The van der Waals surface area contributed by atoms with Crippen molar-refractivity contribution in [1.29, 1.82) is 0 Å². The molecule has 0 bridgehead atoms. The molecule has 3 aliphatic heterocycles. The molecule has 3 saturated heterocycles. The Labute approximate surface area is 200 Å². The molecule has 3 heterocycles. The second-order valence-electron chi connectivity index (χ2n) is 9.46. The molecule has 0 aromatic heterocycles. The molecule has 0 radical (unpaired) electrons. The second-order valence-corrected chi connectivity index (χ2v) is 9.46. The summed E-state index contributed by atoms with van der Waals surface area (Å²) in [5.74, 6) is 0.781. The molecule has 3 fully saturated rings. The van der Waals surface area contributed by atoms with Crippen LogP contribution in [-0.4, -0.2) is 128 Å². The largest absolute Gasteiger partial charge is 0.384 e. The minimum atomic E-state index is 0.384. The van der Waals surface area contributed by atoms with Crippen LogP contribution in [0.4, 0.5) is 0 Å². The summed E-state index contributed by atoms with van der Waals surface area (Å²) in [5.41, 5.74) is 0. The van der Waals surface area contributed by atoms with Gasteiger partial charge in [-0.2, -0.15) is 0 Å². The van der Waals surface area contributed by atoms with Gasteiger partial charge in [-0.25, -0.2) is 0 Å². The highest BCUT2D eigenvalue weighted by atomic mass is 16.5. The summed E-state index contributed by atoms with van der Waals surface area (Å²) in [6.07, 6.45) is 7.24. The van der Waals surface area contributed by atoms with Crippen LogP contribution in [0.5, 0.6) is 0 Å². The highest BCUT2D eigenvalue weighted by molar-refractivity contribution is 4.69. The second kappa shape index (κ2) is 22.5. The summed E-state index contributed by atoms with van der Waals surface area (Å²) in [5, 5.41) is 3.27. The third-order valence-electron chi connectivity index (χ3n) is 6.00. The lowest BCUT2D eigenvalue weighted by Gasteiger charge is -2.28. The fourth-order valence-electron chi connectivity index (χ4n) is 3.82. The van der Waals surface area contributed by atoms with E-state index in [-0.39, 0.29) is 0 Å². The molecule has 1 unspecified atom stereocenters. The minimum Gasteiger partial charge on any atom is -0.384 e. The molecule has 0 aromatic carbocycles. The van der Waals surface area contributed by atoms with E-state index in [1.165, 1.54) is 71.4 Å². The van der Waals surface area contributed by atoms with Crippen molar-refractivity contribution in [2.24, 2.45) is 5.92 Å². The monoisotopic (exact) mass is 460 g/mol. The predicted octanol–water partition coefficient (Wildman–Crippen LogP) is 2.66. The van der Waals surface area contributed by atoms with Gasteiger partial charge >= 0.3 is 0 Å². The first-order valence-electron chi connectivity index (χ1n) is 12.7. The molecular formula is C25H56N4O3. The van der Waals surface area contributed by atoms with E-state index in [2.05, 4.69) is 34.1 Å². The van der Waals surface area contributed by atoms with Crippen molar-refractivity contribution >= 4 is 0 Å². The fraction of sp³-hybridized carbons (Fsp3) is 1.00. The first-order chi connectivity index (χ1) is 15.4. The summed E-state index contributed by atoms with van der Waals surface area (Å²) in [6, 6.07) is 0. The molecule has 0 spiro atoms. The molecule has 1 N–H and O–H groups in total. The van der Waals surface area contributed by atoms with Crippen LogP contribution in [0.15, 0.2) is 0 Å². The van der Waals surface area contributed by atoms with Crippen LogP contribution >= 0.6 is 0 Å². The molecule has 194 valence electrons. The van der Waals surface area contributed by atoms with Crippen LogP contribution < -0.4 is 5.32 Å². The Morgan fingerprint density at radius 3 is 1.88 bits per heavy atom. The Hall–Kier alpha value is -0.280. The number of piperazine rings is 1. The maximum absolute atomic E-state index is 5.10. The number of likely N-dealkylation sites (tertiary alicyclic amines) is 2. The quantitative estimate of drug-likeness (QED) is 0.654. The minimum absolute atomic E-state index is 0.384. The number of hydrogen-bond donors (Lipinski definition) is 1. The third-order valence-corrected chi connectivity index (χ3v) is 6.00. The molecule has 1 atom stereocenters. The van der Waals surface area contributed by atoms with Gasteiger partial charge in [0.25, 0.3) is 0 Å². The maximum Gasteiger partial charge on any atom is 0.0589 e. The van der Waals surface area contributed by atoms with Gasteiger partial charge in [-0.05, 0) is 79.2 Å². The summed E-state index contributed by atoms with van der Waals surface area (Å²) in [4.78, 5) is 7.19. The number of ether oxygens (including phenoxy) is 3. The number of piperidine rings is 2. The van der Waals surface area contributed by atoms with Gasteiger partial charge in [0.15, 0.2) is 0 Å². The Morgan fingerprint density at radius 2 is 1.44 bits per heavy atom. The first-order valence-corrected chi connectivity index (χ1v) is 12.7. The van der Waals surface area contributed by atoms with Crippen molar-refractivity contribution in [3.05, 3.63) is 0 Å². The topological polar surface area (TPSA) is 49.4 Å². The number of methoxy groups -OCH3 is 3. The Bertz CT molecular complexity index is 374. The summed E-state index contributed by atoms with van der Waals surface area (Å²) in [6.45, 7) is 16.7. The molecule has 32 heavy (non-hydrogen) atoms. The van der Waals surface area contributed by atoms with E-state index in [1.807, 2.05) is 13.8 Å². The summed E-state index contributed by atoms with van der Waals surface area (Å²) in [7, 11) is 9.59. The standard InChI is InChI=1S/2C8H17NO.C5H12N2.C4H10O/c1-9-5-3-4-8(6-9)7-10-2;1-10-8-7-9-5-3-2-4-6-9;1-7-4-2-6-3-5-7;1-4(2)5-3/h8H,3-7H2,1-2H3;2-8H2,1H3;6H,2-5H2,1H3;4H,1-3H3. The molecule has 7 nitrogen and oxygen atoms in total. The summed E-state index contributed by atoms with van der Waals surface area (Å²) >= 11 is 0. The van der Waals surface area contributed by atoms with E-state index in [0.29, 0.717) is 6.10 Å². The number of rotatable bonds is 6. The van der Waals surface area contributed by atoms with Crippen LogP contribution in [0.25, 0.3) is 0 Å². The zero-order valence-corrected chi connectivity index (χ0v) is 22.5. The SMILES string of the molecule is CN1CCNCC1.COC(C)C.COCC1CCCN(C)C1.COCCN1CCCCC1. The average Bonchev–Trinajstić information content (AvgIpc) is 2.80. The van der Waals surface area contributed by atoms with Crippen molar-refractivity contribution in [1.82, 2.24) is 20.0 Å². The third kappa shape index (κ3) is 20.3. The van der Waals surface area contributed by atoms with Gasteiger partial charge in [0.1, 0.15) is 0 Å². The molecule has 0 amide bonds. The lowest BCUT2D eigenvalue weighted by Crippen LogP contribution is -2.40. The lowest BCUT2D eigenvalue weighted by molar-refractivity contribution is 0.102. The van der Waals surface area contributed by atoms with Crippen molar-refractivity contribution in [3.8, 4) is 0 Å². The normalized spacial score (nSPS) is 22.7. The van der Waals surface area contributed by atoms with Crippen molar-refractivity contribution in [3.63, 3.8) is 0 Å². The number of likely N-dealkylation sites (N-methyl/N-ethyl adjacent to an activating group) is 1. The maximum atomic E-state index is 5.10. The van der Waals surface area contributed by atoms with E-state index in [4.69, 9.17) is 14.2 Å². The van der Waals surface area contributed by atoms with Crippen LogP contribution in [0.2, 0.25) is 0 Å². The fourth-order valence-corrected chi connectivity index (χ4v) is 3.82. The first kappa shape index (κ1) is 31.7. The zero-order chi connectivity index (χ0) is 24.0. The molecule has 3 aliphatic rings. The van der Waals surface area contributed by atoms with Crippen LogP contribution in [0.3, 0.4) is 0 Å². The van der Waals surface area contributed by atoms with E-state index < -0.39 is 0 Å². The Balaban J connectivity index is 0.000000415. The van der Waals surface area contributed by atoms with Crippen molar-refractivity contribution in [2.45, 2.75) is 52.1 Å². The van der Waals surface area contributed by atoms with Crippen molar-refractivity contribution in [2.75, 3.05) is 108 Å². The number of nitrogens with zero attached hydrogens (tertiary/aromatic N) is 3. The van der Waals surface area contributed by atoms with Crippen molar-refractivity contribution < 1.29 is 14.2 Å². The van der Waals surface area contributed by atoms with Crippen LogP contribution in [0, 0.1) is 5.92 Å². The van der Waals surface area contributed by atoms with Crippen LogP contribution in [-0.2, 0) is 14.2 Å². The zero-order valence-electron chi connectivity index (χ0n) is 22.5. The average molecular weight is 461 g/mol. The highest BCUT2D eigenvalue weighted by Gasteiger charge is 2.16. The molecule has 0 aliphatic carbocycles. The summed E-state index contributed by atoms with van der Waals surface area (Å²) < 4.78 is 14.9. The molecule has 7 heteroatoms.